The summed E-state index contributed by atoms with van der Waals surface area (Å²) >= 11 is 0. The lowest BCUT2D eigenvalue weighted by Crippen LogP contribution is -2.07. The third kappa shape index (κ3) is 4.34. The van der Waals surface area contributed by atoms with Gasteiger partial charge in [0.25, 0.3) is 0 Å². The number of nitrogens with zero attached hydrogens (tertiary/aromatic N) is 2. The highest BCUT2D eigenvalue weighted by molar-refractivity contribution is 5.80. The van der Waals surface area contributed by atoms with Crippen LogP contribution >= 0.6 is 0 Å². The summed E-state index contributed by atoms with van der Waals surface area (Å²) in [5, 5.41) is 13.8. The van der Waals surface area contributed by atoms with Gasteiger partial charge >= 0.3 is 5.97 Å². The average Bonchev–Trinajstić information content (AvgIpc) is 3.56. The Kier molecular flexibility index (Phi) is 6.40. The van der Waals surface area contributed by atoms with E-state index in [9.17, 15) is 9.90 Å². The Morgan fingerprint density at radius 3 is 2.52 bits per heavy atom. The first kappa shape index (κ1) is 26.1. The molecule has 0 saturated carbocycles. The first-order valence-corrected chi connectivity index (χ1v) is 13.7. The third-order valence-electron chi connectivity index (χ3n) is 8.45. The molecule has 3 aromatic carbocycles. The van der Waals surface area contributed by atoms with Crippen LogP contribution in [0.15, 0.2) is 42.5 Å². The standard InChI is InChI=1S/C33H33FN2O4/c1-17-12-21(32-19(3)35-36(5)20(32)4)13-18(2)31(17)25-8-10-27(34)33-26(25)9-11-28(33)40-23-6-7-24-22(14-30(37)38)16-39-29(24)15-23/h6-8,10,12-13,15,22,28H,9,11,14,16H2,1-5H3,(H,37,38)/t22?,28-/m1/s1. The molecule has 2 atom stereocenters. The number of carbonyl (C=O) groups is 1. The molecule has 0 spiro atoms. The normalized spacial score (nSPS) is 17.4. The number of halogens is 1. The number of carboxylic acids is 1. The summed E-state index contributed by atoms with van der Waals surface area (Å²) in [7, 11) is 1.96. The fraction of sp³-hybridized carbons (Fsp3) is 0.333. The molecule has 0 fully saturated rings. The van der Waals surface area contributed by atoms with Crippen LogP contribution in [0.25, 0.3) is 22.3 Å². The Bertz CT molecular complexity index is 1650. The van der Waals surface area contributed by atoms with Crippen molar-refractivity contribution in [3.8, 4) is 33.8 Å². The van der Waals surface area contributed by atoms with Crippen molar-refractivity contribution in [3.05, 3.63) is 87.5 Å². The summed E-state index contributed by atoms with van der Waals surface area (Å²) < 4.78 is 29.3. The number of aryl methyl sites for hydroxylation is 4. The van der Waals surface area contributed by atoms with Crippen LogP contribution in [0.1, 0.15) is 64.1 Å². The number of rotatable bonds is 6. The second-order valence-electron chi connectivity index (χ2n) is 11.1. The van der Waals surface area contributed by atoms with Gasteiger partial charge in [0, 0.05) is 41.4 Å². The van der Waals surface area contributed by atoms with E-state index in [1.807, 2.05) is 36.9 Å². The zero-order valence-corrected chi connectivity index (χ0v) is 23.5. The Balaban J connectivity index is 1.32. The quantitative estimate of drug-likeness (QED) is 0.281. The molecule has 0 bridgehead atoms. The van der Waals surface area contributed by atoms with Gasteiger partial charge in [0.1, 0.15) is 23.4 Å². The lowest BCUT2D eigenvalue weighted by molar-refractivity contribution is -0.137. The minimum Gasteiger partial charge on any atom is -0.492 e. The lowest BCUT2D eigenvalue weighted by atomic mass is 9.87. The number of hydrogen-bond donors (Lipinski definition) is 1. The van der Waals surface area contributed by atoms with Gasteiger partial charge in [-0.3, -0.25) is 9.48 Å². The molecule has 40 heavy (non-hydrogen) atoms. The molecule has 2 aliphatic rings. The third-order valence-corrected chi connectivity index (χ3v) is 8.45. The van der Waals surface area contributed by atoms with Crippen LogP contribution < -0.4 is 9.47 Å². The van der Waals surface area contributed by atoms with Gasteiger partial charge < -0.3 is 14.6 Å². The molecule has 1 aliphatic heterocycles. The van der Waals surface area contributed by atoms with E-state index in [1.54, 1.807) is 12.1 Å². The smallest absolute Gasteiger partial charge is 0.304 e. The molecule has 0 radical (unpaired) electrons. The lowest BCUT2D eigenvalue weighted by Gasteiger charge is -2.19. The van der Waals surface area contributed by atoms with E-state index < -0.39 is 12.1 Å². The summed E-state index contributed by atoms with van der Waals surface area (Å²) in [4.78, 5) is 11.2. The average molecular weight is 541 g/mol. The summed E-state index contributed by atoms with van der Waals surface area (Å²) in [6.07, 6.45) is 1.01. The molecule has 1 unspecified atom stereocenters. The molecule has 2 heterocycles. The largest absolute Gasteiger partial charge is 0.492 e. The number of hydrogen-bond acceptors (Lipinski definition) is 4. The summed E-state index contributed by atoms with van der Waals surface area (Å²) in [6, 6.07) is 13.4. The molecular weight excluding hydrogens is 507 g/mol. The van der Waals surface area contributed by atoms with Crippen molar-refractivity contribution in [2.75, 3.05) is 6.61 Å². The van der Waals surface area contributed by atoms with Crippen LogP contribution in [0.5, 0.6) is 11.5 Å². The highest BCUT2D eigenvalue weighted by atomic mass is 19.1. The number of benzene rings is 3. The maximum absolute atomic E-state index is 15.3. The zero-order valence-electron chi connectivity index (χ0n) is 23.5. The number of fused-ring (bicyclic) bond motifs is 2. The Morgan fingerprint density at radius 2 is 1.85 bits per heavy atom. The number of aromatic nitrogens is 2. The van der Waals surface area contributed by atoms with Gasteiger partial charge in [-0.1, -0.05) is 24.3 Å². The number of carboxylic acid groups (broad SMARTS) is 1. The Labute approximate surface area is 233 Å². The molecule has 1 aromatic heterocycles. The maximum atomic E-state index is 15.3. The minimum absolute atomic E-state index is 0.0262. The minimum atomic E-state index is -0.849. The van der Waals surface area contributed by atoms with Crippen molar-refractivity contribution in [2.45, 2.75) is 59.0 Å². The van der Waals surface area contributed by atoms with Gasteiger partial charge in [-0.2, -0.15) is 5.10 Å². The van der Waals surface area contributed by atoms with Crippen LogP contribution in [-0.2, 0) is 18.3 Å². The van der Waals surface area contributed by atoms with E-state index in [2.05, 4.69) is 38.0 Å². The van der Waals surface area contributed by atoms with Crippen molar-refractivity contribution in [2.24, 2.45) is 7.05 Å². The summed E-state index contributed by atoms with van der Waals surface area (Å²) in [6.45, 7) is 8.70. The van der Waals surface area contributed by atoms with Crippen molar-refractivity contribution in [1.29, 1.82) is 0 Å². The zero-order chi connectivity index (χ0) is 28.3. The molecule has 6 rings (SSSR count). The van der Waals surface area contributed by atoms with E-state index in [0.717, 1.165) is 62.3 Å². The molecule has 206 valence electrons. The Morgan fingerprint density at radius 1 is 1.10 bits per heavy atom. The van der Waals surface area contributed by atoms with Gasteiger partial charge in [0.2, 0.25) is 0 Å². The van der Waals surface area contributed by atoms with Crippen LogP contribution in [-0.4, -0.2) is 27.5 Å². The van der Waals surface area contributed by atoms with Gasteiger partial charge in [-0.15, -0.1) is 0 Å². The number of aliphatic carboxylic acids is 1. The maximum Gasteiger partial charge on any atom is 0.304 e. The molecular formula is C33H33FN2O4. The summed E-state index contributed by atoms with van der Waals surface area (Å²) in [5.41, 5.74) is 11.4. The predicted octanol–water partition coefficient (Wildman–Crippen LogP) is 7.14. The van der Waals surface area contributed by atoms with Crippen LogP contribution in [0.4, 0.5) is 4.39 Å². The molecule has 0 saturated heterocycles. The Hall–Kier alpha value is -4.13. The fourth-order valence-electron chi connectivity index (χ4n) is 6.62. The van der Waals surface area contributed by atoms with Crippen molar-refractivity contribution in [1.82, 2.24) is 9.78 Å². The van der Waals surface area contributed by atoms with Crippen LogP contribution in [0, 0.1) is 33.5 Å². The molecule has 1 aliphatic carbocycles. The first-order valence-electron chi connectivity index (χ1n) is 13.7. The summed E-state index contributed by atoms with van der Waals surface area (Å²) in [5.74, 6) is -0.0395. The topological polar surface area (TPSA) is 73.6 Å². The predicted molar refractivity (Wildman–Crippen MR) is 152 cm³/mol. The second-order valence-corrected chi connectivity index (χ2v) is 11.1. The number of ether oxygens (including phenoxy) is 2. The SMILES string of the molecule is Cc1cc(-c2c(C)nn(C)c2C)cc(C)c1-c1ccc(F)c2c1CC[C@H]2Oc1ccc2c(c1)OCC2CC(=O)O. The van der Waals surface area contributed by atoms with E-state index in [1.165, 1.54) is 0 Å². The van der Waals surface area contributed by atoms with Crippen LogP contribution in [0.3, 0.4) is 0 Å². The van der Waals surface area contributed by atoms with Crippen molar-refractivity contribution in [3.63, 3.8) is 0 Å². The van der Waals surface area contributed by atoms with Crippen LogP contribution in [0.2, 0.25) is 0 Å². The van der Waals surface area contributed by atoms with E-state index in [-0.39, 0.29) is 18.2 Å². The first-order chi connectivity index (χ1) is 19.1. The van der Waals surface area contributed by atoms with Gasteiger partial charge in [0.15, 0.2) is 0 Å². The van der Waals surface area contributed by atoms with Crippen molar-refractivity contribution >= 4 is 5.97 Å². The fourth-order valence-corrected chi connectivity index (χ4v) is 6.62. The molecule has 1 N–H and O–H groups in total. The highest BCUT2D eigenvalue weighted by Crippen LogP contribution is 2.45. The second kappa shape index (κ2) is 9.81. The molecule has 0 amide bonds. The highest BCUT2D eigenvalue weighted by Gasteiger charge is 2.32. The van der Waals surface area contributed by atoms with Gasteiger partial charge in [0.05, 0.1) is 18.7 Å². The monoisotopic (exact) mass is 540 g/mol. The van der Waals surface area contributed by atoms with Gasteiger partial charge in [-0.25, -0.2) is 4.39 Å². The van der Waals surface area contributed by atoms with Gasteiger partial charge in [-0.05, 0) is 86.1 Å². The molecule has 4 aromatic rings. The van der Waals surface area contributed by atoms with E-state index >= 15 is 4.39 Å². The van der Waals surface area contributed by atoms with E-state index in [0.29, 0.717) is 30.1 Å². The van der Waals surface area contributed by atoms with Crippen molar-refractivity contribution < 1.29 is 23.8 Å². The molecule has 6 nitrogen and oxygen atoms in total. The van der Waals surface area contributed by atoms with E-state index in [4.69, 9.17) is 9.47 Å². The molecule has 7 heteroatoms.